The first-order valence-corrected chi connectivity index (χ1v) is 4.23. The first-order valence-electron chi connectivity index (χ1n) is 4.23. The number of carbonyl (C=O) groups is 1. The van der Waals surface area contributed by atoms with E-state index >= 15 is 0 Å². The van der Waals surface area contributed by atoms with Crippen LogP contribution in [0.25, 0.3) is 0 Å². The van der Waals surface area contributed by atoms with E-state index in [0.717, 1.165) is 19.4 Å². The number of hydrogen-bond acceptors (Lipinski definition) is 4. The van der Waals surface area contributed by atoms with E-state index in [-0.39, 0.29) is 12.0 Å². The lowest BCUT2D eigenvalue weighted by Gasteiger charge is -2.10. The summed E-state index contributed by atoms with van der Waals surface area (Å²) in [7, 11) is 1.39. The maximum absolute atomic E-state index is 10.9. The maximum atomic E-state index is 10.9. The first-order chi connectivity index (χ1) is 5.72. The highest BCUT2D eigenvalue weighted by Gasteiger charge is 2.10. The summed E-state index contributed by atoms with van der Waals surface area (Å²) in [5, 5.41) is 3.04. The number of unbranched alkanes of at least 4 members (excludes halogenated alkanes) is 1. The smallest absolute Gasteiger partial charge is 0.322 e. The summed E-state index contributed by atoms with van der Waals surface area (Å²) in [5.41, 5.74) is 5.31. The molecule has 0 radical (unpaired) electrons. The SMILES string of the molecule is COC(=O)C(C)NCCCCN. The molecule has 0 fully saturated rings. The monoisotopic (exact) mass is 174 g/mol. The predicted molar refractivity (Wildman–Crippen MR) is 47.8 cm³/mol. The van der Waals surface area contributed by atoms with Crippen LogP contribution >= 0.6 is 0 Å². The van der Waals surface area contributed by atoms with Crippen LogP contribution in [0.15, 0.2) is 0 Å². The molecule has 0 aliphatic rings. The van der Waals surface area contributed by atoms with Crippen molar-refractivity contribution in [2.75, 3.05) is 20.2 Å². The molecule has 0 bridgehead atoms. The fraction of sp³-hybridized carbons (Fsp3) is 0.875. The lowest BCUT2D eigenvalue weighted by Crippen LogP contribution is -2.35. The van der Waals surface area contributed by atoms with Crippen molar-refractivity contribution < 1.29 is 9.53 Å². The lowest BCUT2D eigenvalue weighted by atomic mass is 10.3. The molecule has 0 rings (SSSR count). The van der Waals surface area contributed by atoms with E-state index in [2.05, 4.69) is 10.1 Å². The van der Waals surface area contributed by atoms with Gasteiger partial charge in [0.25, 0.3) is 0 Å². The third-order valence-corrected chi connectivity index (χ3v) is 1.64. The van der Waals surface area contributed by atoms with Crippen molar-refractivity contribution >= 4 is 5.97 Å². The molecule has 0 aromatic heterocycles. The summed E-state index contributed by atoms with van der Waals surface area (Å²) in [4.78, 5) is 10.9. The molecule has 3 N–H and O–H groups in total. The number of carbonyl (C=O) groups excluding carboxylic acids is 1. The zero-order chi connectivity index (χ0) is 9.40. The number of hydrogen-bond donors (Lipinski definition) is 2. The highest BCUT2D eigenvalue weighted by atomic mass is 16.5. The summed E-state index contributed by atoms with van der Waals surface area (Å²) < 4.78 is 4.54. The number of nitrogens with one attached hydrogen (secondary N) is 1. The van der Waals surface area contributed by atoms with Crippen molar-refractivity contribution in [2.45, 2.75) is 25.8 Å². The van der Waals surface area contributed by atoms with Gasteiger partial charge in [-0.15, -0.1) is 0 Å². The minimum atomic E-state index is -0.220. The molecule has 4 heteroatoms. The summed E-state index contributed by atoms with van der Waals surface area (Å²) in [5.74, 6) is -0.220. The van der Waals surface area contributed by atoms with Crippen molar-refractivity contribution in [2.24, 2.45) is 5.73 Å². The van der Waals surface area contributed by atoms with E-state index in [4.69, 9.17) is 5.73 Å². The Balaban J connectivity index is 3.31. The average molecular weight is 174 g/mol. The Kier molecular flexibility index (Phi) is 6.70. The van der Waals surface area contributed by atoms with Crippen molar-refractivity contribution in [1.82, 2.24) is 5.32 Å². The van der Waals surface area contributed by atoms with Gasteiger partial charge in [0.05, 0.1) is 7.11 Å². The van der Waals surface area contributed by atoms with E-state index in [1.807, 2.05) is 0 Å². The van der Waals surface area contributed by atoms with Gasteiger partial charge >= 0.3 is 5.97 Å². The second-order valence-electron chi connectivity index (χ2n) is 2.69. The van der Waals surface area contributed by atoms with Gasteiger partial charge in [0.2, 0.25) is 0 Å². The fourth-order valence-electron chi connectivity index (χ4n) is 0.848. The molecule has 0 saturated heterocycles. The van der Waals surface area contributed by atoms with Gasteiger partial charge in [-0.2, -0.15) is 0 Å². The molecule has 0 saturated carbocycles. The lowest BCUT2D eigenvalue weighted by molar-refractivity contribution is -0.142. The molecule has 0 spiro atoms. The molecule has 0 amide bonds. The van der Waals surface area contributed by atoms with E-state index in [1.165, 1.54) is 7.11 Å². The Morgan fingerprint density at radius 2 is 2.25 bits per heavy atom. The molecular formula is C8H18N2O2. The van der Waals surface area contributed by atoms with Crippen molar-refractivity contribution in [1.29, 1.82) is 0 Å². The zero-order valence-electron chi connectivity index (χ0n) is 7.80. The Bertz CT molecular complexity index is 128. The Hall–Kier alpha value is -0.610. The number of nitrogens with two attached hydrogens (primary N) is 1. The van der Waals surface area contributed by atoms with Crippen molar-refractivity contribution in [3.05, 3.63) is 0 Å². The van der Waals surface area contributed by atoms with E-state index in [1.54, 1.807) is 6.92 Å². The van der Waals surface area contributed by atoms with E-state index < -0.39 is 0 Å². The number of rotatable bonds is 6. The topological polar surface area (TPSA) is 64.3 Å². The number of ether oxygens (including phenoxy) is 1. The van der Waals surface area contributed by atoms with Crippen LogP contribution in [0.1, 0.15) is 19.8 Å². The van der Waals surface area contributed by atoms with Crippen LogP contribution in [0.2, 0.25) is 0 Å². The van der Waals surface area contributed by atoms with Crippen LogP contribution < -0.4 is 11.1 Å². The van der Waals surface area contributed by atoms with Crippen LogP contribution in [-0.2, 0) is 9.53 Å². The average Bonchev–Trinajstić information content (AvgIpc) is 2.10. The van der Waals surface area contributed by atoms with Gasteiger partial charge in [0, 0.05) is 0 Å². The molecule has 1 unspecified atom stereocenters. The molecule has 0 aliphatic heterocycles. The minimum absolute atomic E-state index is 0.215. The first kappa shape index (κ1) is 11.4. The molecule has 4 nitrogen and oxygen atoms in total. The normalized spacial score (nSPS) is 12.6. The summed E-state index contributed by atoms with van der Waals surface area (Å²) in [6, 6.07) is -0.215. The van der Waals surface area contributed by atoms with E-state index in [9.17, 15) is 4.79 Å². The standard InChI is InChI=1S/C8H18N2O2/c1-7(8(11)12-2)10-6-4-3-5-9/h7,10H,3-6,9H2,1-2H3. The second-order valence-corrected chi connectivity index (χ2v) is 2.69. The Morgan fingerprint density at radius 3 is 2.75 bits per heavy atom. The molecule has 0 aromatic rings. The summed E-state index contributed by atoms with van der Waals surface area (Å²) in [6.45, 7) is 3.30. The Morgan fingerprint density at radius 1 is 1.58 bits per heavy atom. The quantitative estimate of drug-likeness (QED) is 0.435. The van der Waals surface area contributed by atoms with Gasteiger partial charge in [0.15, 0.2) is 0 Å². The molecule has 0 aliphatic carbocycles. The van der Waals surface area contributed by atoms with Gasteiger partial charge in [0.1, 0.15) is 6.04 Å². The summed E-state index contributed by atoms with van der Waals surface area (Å²) in [6.07, 6.45) is 1.98. The Labute approximate surface area is 73.5 Å². The van der Waals surface area contributed by atoms with Crippen LogP contribution in [0.3, 0.4) is 0 Å². The van der Waals surface area contributed by atoms with Crippen LogP contribution in [0.5, 0.6) is 0 Å². The maximum Gasteiger partial charge on any atom is 0.322 e. The number of esters is 1. The van der Waals surface area contributed by atoms with Gasteiger partial charge in [-0.05, 0) is 32.9 Å². The van der Waals surface area contributed by atoms with Crippen molar-refractivity contribution in [3.8, 4) is 0 Å². The molecule has 12 heavy (non-hydrogen) atoms. The fourth-order valence-corrected chi connectivity index (χ4v) is 0.848. The molecule has 0 heterocycles. The third kappa shape index (κ3) is 5.09. The summed E-state index contributed by atoms with van der Waals surface area (Å²) >= 11 is 0. The second kappa shape index (κ2) is 7.06. The van der Waals surface area contributed by atoms with Crippen LogP contribution in [0, 0.1) is 0 Å². The third-order valence-electron chi connectivity index (χ3n) is 1.64. The molecule has 72 valence electrons. The van der Waals surface area contributed by atoms with Crippen LogP contribution in [-0.4, -0.2) is 32.2 Å². The van der Waals surface area contributed by atoms with Gasteiger partial charge in [-0.1, -0.05) is 0 Å². The van der Waals surface area contributed by atoms with Gasteiger partial charge < -0.3 is 15.8 Å². The highest BCUT2D eigenvalue weighted by Crippen LogP contribution is 1.88. The molecule has 0 aromatic carbocycles. The molecule has 1 atom stereocenters. The van der Waals surface area contributed by atoms with Crippen LogP contribution in [0.4, 0.5) is 0 Å². The largest absolute Gasteiger partial charge is 0.468 e. The minimum Gasteiger partial charge on any atom is -0.468 e. The molecular weight excluding hydrogens is 156 g/mol. The van der Waals surface area contributed by atoms with Crippen molar-refractivity contribution in [3.63, 3.8) is 0 Å². The van der Waals surface area contributed by atoms with Gasteiger partial charge in [-0.3, -0.25) is 4.79 Å². The zero-order valence-corrected chi connectivity index (χ0v) is 7.80. The highest BCUT2D eigenvalue weighted by molar-refractivity contribution is 5.74. The van der Waals surface area contributed by atoms with E-state index in [0.29, 0.717) is 6.54 Å². The van der Waals surface area contributed by atoms with Gasteiger partial charge in [-0.25, -0.2) is 0 Å². The predicted octanol–water partition coefficient (Wildman–Crippen LogP) is -0.124. The number of methoxy groups -OCH3 is 1.